The number of carboxylic acid groups (broad SMARTS) is 1. The van der Waals surface area contributed by atoms with Gasteiger partial charge < -0.3 is 14.6 Å². The van der Waals surface area contributed by atoms with Gasteiger partial charge in [0.25, 0.3) is 0 Å². The Kier molecular flexibility index (Phi) is 3.10. The number of hydrogen-bond donors (Lipinski definition) is 1. The van der Waals surface area contributed by atoms with E-state index in [0.717, 1.165) is 18.6 Å². The molecule has 1 heterocycles. The molecule has 0 radical (unpaired) electrons. The van der Waals surface area contributed by atoms with Crippen molar-refractivity contribution in [2.45, 2.75) is 19.4 Å². The van der Waals surface area contributed by atoms with Gasteiger partial charge in [0.05, 0.1) is 19.3 Å². The van der Waals surface area contributed by atoms with Crippen molar-refractivity contribution in [3.05, 3.63) is 29.3 Å². The Morgan fingerprint density at radius 1 is 1.62 bits per heavy atom. The van der Waals surface area contributed by atoms with Crippen molar-refractivity contribution in [3.8, 4) is 5.75 Å². The molecule has 4 nitrogen and oxygen atoms in total. The Balaban J connectivity index is 2.22. The minimum absolute atomic E-state index is 0.210. The molecule has 86 valence electrons. The number of rotatable bonds is 5. The van der Waals surface area contributed by atoms with Gasteiger partial charge in [0.1, 0.15) is 11.3 Å². The van der Waals surface area contributed by atoms with Crippen molar-refractivity contribution < 1.29 is 19.4 Å². The lowest BCUT2D eigenvalue weighted by atomic mass is 10.1. The van der Waals surface area contributed by atoms with Gasteiger partial charge >= 0.3 is 5.97 Å². The fourth-order valence-electron chi connectivity index (χ4n) is 1.59. The third-order valence-electron chi connectivity index (χ3n) is 2.44. The summed E-state index contributed by atoms with van der Waals surface area (Å²) in [5.41, 5.74) is 1.26. The van der Waals surface area contributed by atoms with E-state index in [-0.39, 0.29) is 5.56 Å². The van der Waals surface area contributed by atoms with Gasteiger partial charge in [-0.3, -0.25) is 0 Å². The largest absolute Gasteiger partial charge is 0.493 e. The van der Waals surface area contributed by atoms with Gasteiger partial charge in [0.2, 0.25) is 0 Å². The molecule has 0 saturated carbocycles. The van der Waals surface area contributed by atoms with Crippen molar-refractivity contribution in [2.24, 2.45) is 0 Å². The van der Waals surface area contributed by atoms with E-state index in [2.05, 4.69) is 0 Å². The van der Waals surface area contributed by atoms with Crippen molar-refractivity contribution in [1.29, 1.82) is 0 Å². The zero-order valence-corrected chi connectivity index (χ0v) is 9.10. The molecular formula is C12H14O4. The molecule has 2 rings (SSSR count). The first kappa shape index (κ1) is 11.0. The number of benzene rings is 1. The van der Waals surface area contributed by atoms with Crippen LogP contribution in [0.25, 0.3) is 0 Å². The van der Waals surface area contributed by atoms with Gasteiger partial charge in [-0.15, -0.1) is 0 Å². The molecule has 16 heavy (non-hydrogen) atoms. The molecule has 0 amide bonds. The van der Waals surface area contributed by atoms with Crippen molar-refractivity contribution >= 4 is 5.97 Å². The number of carbonyl (C=O) groups is 1. The van der Waals surface area contributed by atoms with Crippen LogP contribution in [-0.2, 0) is 11.2 Å². The van der Waals surface area contributed by atoms with Crippen molar-refractivity contribution in [2.75, 3.05) is 13.2 Å². The maximum absolute atomic E-state index is 10.9. The quantitative estimate of drug-likeness (QED) is 0.771. The van der Waals surface area contributed by atoms with E-state index in [0.29, 0.717) is 18.5 Å². The van der Waals surface area contributed by atoms with Crippen LogP contribution in [0.1, 0.15) is 22.8 Å². The lowest BCUT2D eigenvalue weighted by Crippen LogP contribution is -2.04. The maximum Gasteiger partial charge on any atom is 0.339 e. The molecule has 0 aromatic heterocycles. The third kappa shape index (κ3) is 2.52. The molecule has 1 aromatic rings. The van der Waals surface area contributed by atoms with Crippen molar-refractivity contribution in [3.63, 3.8) is 0 Å². The summed E-state index contributed by atoms with van der Waals surface area (Å²) in [5.74, 6) is -0.522. The van der Waals surface area contributed by atoms with Crippen LogP contribution in [0, 0.1) is 0 Å². The number of ether oxygens (including phenoxy) is 2. The van der Waals surface area contributed by atoms with Crippen LogP contribution in [0.3, 0.4) is 0 Å². The van der Waals surface area contributed by atoms with E-state index in [4.69, 9.17) is 14.6 Å². The lowest BCUT2D eigenvalue weighted by Gasteiger charge is -2.08. The number of carboxylic acids is 1. The zero-order valence-electron chi connectivity index (χ0n) is 9.10. The van der Waals surface area contributed by atoms with Crippen LogP contribution < -0.4 is 4.74 Å². The predicted octanol–water partition coefficient (Wildman–Crippen LogP) is 1.72. The SMILES string of the molecule is CCOc1cc(CC2CO2)ccc1C(=O)O. The summed E-state index contributed by atoms with van der Waals surface area (Å²) in [4.78, 5) is 10.9. The molecule has 1 atom stereocenters. The summed E-state index contributed by atoms with van der Waals surface area (Å²) in [7, 11) is 0. The molecule has 1 aliphatic heterocycles. The average molecular weight is 222 g/mol. The topological polar surface area (TPSA) is 59.1 Å². The smallest absolute Gasteiger partial charge is 0.339 e. The van der Waals surface area contributed by atoms with E-state index in [1.54, 1.807) is 12.1 Å². The van der Waals surface area contributed by atoms with Gasteiger partial charge in [-0.05, 0) is 24.6 Å². The zero-order chi connectivity index (χ0) is 11.5. The molecule has 0 bridgehead atoms. The first-order valence-corrected chi connectivity index (χ1v) is 5.31. The lowest BCUT2D eigenvalue weighted by molar-refractivity contribution is 0.0692. The van der Waals surface area contributed by atoms with Crippen LogP contribution in [0.4, 0.5) is 0 Å². The number of hydrogen-bond acceptors (Lipinski definition) is 3. The maximum atomic E-state index is 10.9. The summed E-state index contributed by atoms with van der Waals surface area (Å²) >= 11 is 0. The first-order chi connectivity index (χ1) is 7.70. The normalized spacial score (nSPS) is 18.2. The van der Waals surface area contributed by atoms with E-state index in [1.807, 2.05) is 13.0 Å². The first-order valence-electron chi connectivity index (χ1n) is 5.31. The number of aromatic carboxylic acids is 1. The summed E-state index contributed by atoms with van der Waals surface area (Å²) in [6.07, 6.45) is 1.12. The summed E-state index contributed by atoms with van der Waals surface area (Å²) in [6.45, 7) is 3.09. The fraction of sp³-hybridized carbons (Fsp3) is 0.417. The minimum atomic E-state index is -0.960. The molecule has 1 saturated heterocycles. The predicted molar refractivity (Wildman–Crippen MR) is 58.0 cm³/mol. The van der Waals surface area contributed by atoms with Crippen LogP contribution in [0.5, 0.6) is 5.75 Å². The van der Waals surface area contributed by atoms with Crippen molar-refractivity contribution in [1.82, 2.24) is 0 Å². The molecule has 4 heteroatoms. The van der Waals surface area contributed by atoms with Crippen LogP contribution >= 0.6 is 0 Å². The highest BCUT2D eigenvalue weighted by Crippen LogP contribution is 2.24. The highest BCUT2D eigenvalue weighted by molar-refractivity contribution is 5.91. The Labute approximate surface area is 93.8 Å². The molecule has 1 aromatic carbocycles. The van der Waals surface area contributed by atoms with E-state index in [1.165, 1.54) is 0 Å². The van der Waals surface area contributed by atoms with Crippen LogP contribution in [-0.4, -0.2) is 30.4 Å². The second kappa shape index (κ2) is 4.53. The average Bonchev–Trinajstić information content (AvgIpc) is 3.02. The van der Waals surface area contributed by atoms with E-state index >= 15 is 0 Å². The third-order valence-corrected chi connectivity index (χ3v) is 2.44. The Hall–Kier alpha value is -1.55. The monoisotopic (exact) mass is 222 g/mol. The van der Waals surface area contributed by atoms with Gasteiger partial charge in [0.15, 0.2) is 0 Å². The Morgan fingerprint density at radius 2 is 2.38 bits per heavy atom. The molecule has 1 unspecified atom stereocenters. The Morgan fingerprint density at radius 3 is 2.94 bits per heavy atom. The second-order valence-corrected chi connectivity index (χ2v) is 3.73. The standard InChI is InChI=1S/C12H14O4/c1-2-15-11-6-8(5-9-7-16-9)3-4-10(11)12(13)14/h3-4,6,9H,2,5,7H2,1H3,(H,13,14). The van der Waals surface area contributed by atoms with Crippen LogP contribution in [0.15, 0.2) is 18.2 Å². The Bertz CT molecular complexity index is 396. The molecule has 1 fully saturated rings. The van der Waals surface area contributed by atoms with Gasteiger partial charge in [0, 0.05) is 6.42 Å². The summed E-state index contributed by atoms with van der Waals surface area (Å²) < 4.78 is 10.5. The molecule has 1 aliphatic rings. The van der Waals surface area contributed by atoms with Gasteiger partial charge in [-0.2, -0.15) is 0 Å². The molecule has 1 N–H and O–H groups in total. The fourth-order valence-corrected chi connectivity index (χ4v) is 1.59. The van der Waals surface area contributed by atoms with Crippen LogP contribution in [0.2, 0.25) is 0 Å². The second-order valence-electron chi connectivity index (χ2n) is 3.73. The highest BCUT2D eigenvalue weighted by Gasteiger charge is 2.23. The molecule has 0 spiro atoms. The van der Waals surface area contributed by atoms with E-state index in [9.17, 15) is 4.79 Å². The summed E-state index contributed by atoms with van der Waals surface area (Å²) in [5, 5.41) is 8.97. The summed E-state index contributed by atoms with van der Waals surface area (Å²) in [6, 6.07) is 5.19. The number of epoxide rings is 1. The molecular weight excluding hydrogens is 208 g/mol. The van der Waals surface area contributed by atoms with E-state index < -0.39 is 5.97 Å². The highest BCUT2D eigenvalue weighted by atomic mass is 16.6. The van der Waals surface area contributed by atoms with Gasteiger partial charge in [-0.1, -0.05) is 6.07 Å². The minimum Gasteiger partial charge on any atom is -0.493 e. The van der Waals surface area contributed by atoms with Gasteiger partial charge in [-0.25, -0.2) is 4.79 Å². The molecule has 0 aliphatic carbocycles.